The van der Waals surface area contributed by atoms with Crippen molar-refractivity contribution in [3.8, 4) is 0 Å². The number of aryl methyl sites for hydroxylation is 1. The van der Waals surface area contributed by atoms with Crippen LogP contribution in [0.2, 0.25) is 0 Å². The topological polar surface area (TPSA) is 46.2 Å². The third-order valence-electron chi connectivity index (χ3n) is 3.78. The summed E-state index contributed by atoms with van der Waals surface area (Å²) in [5.41, 5.74) is 3.03. The first-order valence-electron chi connectivity index (χ1n) is 7.90. The van der Waals surface area contributed by atoms with E-state index in [1.54, 1.807) is 19.1 Å². The number of hydrogen-bond donors (Lipinski definition) is 1. The van der Waals surface area contributed by atoms with E-state index < -0.39 is 16.0 Å². The van der Waals surface area contributed by atoms with Gasteiger partial charge in [-0.05, 0) is 43.5 Å². The summed E-state index contributed by atoms with van der Waals surface area (Å²) in [5, 5.41) is 2.23. The van der Waals surface area contributed by atoms with Gasteiger partial charge in [0.1, 0.15) is 11.1 Å². The molecule has 3 nitrogen and oxygen atoms in total. The number of amides is 1. The van der Waals surface area contributed by atoms with E-state index in [1.807, 2.05) is 31.2 Å². The fourth-order valence-electron chi connectivity index (χ4n) is 2.34. The Labute approximate surface area is 144 Å². The number of carbonyl (C=O) groups is 1. The summed E-state index contributed by atoms with van der Waals surface area (Å²) < 4.78 is 25.2. The second kappa shape index (κ2) is 8.73. The minimum absolute atomic E-state index is 0.219. The van der Waals surface area contributed by atoms with E-state index in [1.165, 1.54) is 12.1 Å². The van der Waals surface area contributed by atoms with Crippen LogP contribution in [0.3, 0.4) is 0 Å². The molecule has 0 heterocycles. The van der Waals surface area contributed by atoms with Crippen molar-refractivity contribution in [1.82, 2.24) is 5.32 Å². The standard InChI is InChI=1S/C19H22FNO2S/c1-14-4-3-5-17(12-14)13-24(23)15(2)19(22)21-11-10-16-6-8-18(20)9-7-16/h3-9,12,15H,10-11,13H2,1-2H3,(H,21,22). The molecule has 2 rings (SSSR count). The molecule has 2 unspecified atom stereocenters. The average Bonchev–Trinajstić information content (AvgIpc) is 2.56. The van der Waals surface area contributed by atoms with Gasteiger partial charge >= 0.3 is 0 Å². The van der Waals surface area contributed by atoms with Crippen molar-refractivity contribution in [2.75, 3.05) is 6.54 Å². The maximum atomic E-state index is 12.8. The van der Waals surface area contributed by atoms with Crippen LogP contribution in [-0.4, -0.2) is 21.9 Å². The molecular formula is C19H22FNO2S. The van der Waals surface area contributed by atoms with E-state index in [0.29, 0.717) is 18.7 Å². The Bertz CT molecular complexity index is 716. The molecule has 5 heteroatoms. The molecular weight excluding hydrogens is 325 g/mol. The number of hydrogen-bond acceptors (Lipinski definition) is 2. The zero-order valence-corrected chi connectivity index (χ0v) is 14.7. The zero-order valence-electron chi connectivity index (χ0n) is 13.9. The van der Waals surface area contributed by atoms with Gasteiger partial charge in [0.05, 0.1) is 0 Å². The van der Waals surface area contributed by atoms with Crippen LogP contribution in [0.5, 0.6) is 0 Å². The Morgan fingerprint density at radius 3 is 2.54 bits per heavy atom. The molecule has 24 heavy (non-hydrogen) atoms. The maximum absolute atomic E-state index is 12.8. The maximum Gasteiger partial charge on any atom is 0.235 e. The molecule has 0 aliphatic carbocycles. The molecule has 128 valence electrons. The van der Waals surface area contributed by atoms with Crippen LogP contribution in [0.1, 0.15) is 23.6 Å². The molecule has 0 saturated carbocycles. The lowest BCUT2D eigenvalue weighted by atomic mass is 10.1. The minimum atomic E-state index is -1.27. The van der Waals surface area contributed by atoms with E-state index in [0.717, 1.165) is 16.7 Å². The largest absolute Gasteiger partial charge is 0.355 e. The van der Waals surface area contributed by atoms with Gasteiger partial charge in [0.15, 0.2) is 0 Å². The third-order valence-corrected chi connectivity index (χ3v) is 5.40. The molecule has 1 N–H and O–H groups in total. The van der Waals surface area contributed by atoms with Crippen LogP contribution in [0.25, 0.3) is 0 Å². The molecule has 0 spiro atoms. The van der Waals surface area contributed by atoms with Gasteiger partial charge in [-0.2, -0.15) is 0 Å². The first-order chi connectivity index (χ1) is 11.5. The number of halogens is 1. The highest BCUT2D eigenvalue weighted by Crippen LogP contribution is 2.10. The van der Waals surface area contributed by atoms with Crippen molar-refractivity contribution in [2.24, 2.45) is 0 Å². The number of nitrogens with one attached hydrogen (secondary N) is 1. The SMILES string of the molecule is Cc1cccc(CS(=O)C(C)C(=O)NCCc2ccc(F)cc2)c1. The number of benzene rings is 2. The monoisotopic (exact) mass is 347 g/mol. The van der Waals surface area contributed by atoms with Crippen molar-refractivity contribution in [1.29, 1.82) is 0 Å². The van der Waals surface area contributed by atoms with Gasteiger partial charge in [0.2, 0.25) is 5.91 Å². The molecule has 2 aromatic rings. The second-order valence-electron chi connectivity index (χ2n) is 5.82. The molecule has 2 atom stereocenters. The van der Waals surface area contributed by atoms with Crippen molar-refractivity contribution in [3.63, 3.8) is 0 Å². The molecule has 0 aliphatic heterocycles. The fraction of sp³-hybridized carbons (Fsp3) is 0.316. The Morgan fingerprint density at radius 2 is 1.88 bits per heavy atom. The summed E-state index contributed by atoms with van der Waals surface area (Å²) in [6.07, 6.45) is 0.614. The number of rotatable bonds is 7. The predicted molar refractivity (Wildman–Crippen MR) is 95.6 cm³/mol. The van der Waals surface area contributed by atoms with E-state index in [-0.39, 0.29) is 11.7 Å². The van der Waals surface area contributed by atoms with Crippen molar-refractivity contribution in [2.45, 2.75) is 31.3 Å². The lowest BCUT2D eigenvalue weighted by molar-refractivity contribution is -0.120. The lowest BCUT2D eigenvalue weighted by Crippen LogP contribution is -2.36. The molecule has 2 aromatic carbocycles. The summed E-state index contributed by atoms with van der Waals surface area (Å²) >= 11 is 0. The Morgan fingerprint density at radius 1 is 1.17 bits per heavy atom. The second-order valence-corrected chi connectivity index (χ2v) is 7.58. The molecule has 1 amide bonds. The lowest BCUT2D eigenvalue weighted by Gasteiger charge is -2.12. The molecule has 0 saturated heterocycles. The van der Waals surface area contributed by atoms with E-state index in [4.69, 9.17) is 0 Å². The summed E-state index contributed by atoms with van der Waals surface area (Å²) in [6, 6.07) is 14.0. The third kappa shape index (κ3) is 5.57. The van der Waals surface area contributed by atoms with Gasteiger partial charge in [-0.1, -0.05) is 42.0 Å². The molecule has 0 fully saturated rings. The van der Waals surface area contributed by atoms with Crippen LogP contribution in [0.4, 0.5) is 4.39 Å². The summed E-state index contributed by atoms with van der Waals surface area (Å²) in [5.74, 6) is -0.125. The Kier molecular flexibility index (Phi) is 6.67. The highest BCUT2D eigenvalue weighted by atomic mass is 32.2. The molecule has 0 aromatic heterocycles. The van der Waals surface area contributed by atoms with E-state index in [9.17, 15) is 13.4 Å². The van der Waals surface area contributed by atoms with Gasteiger partial charge in [-0.3, -0.25) is 9.00 Å². The van der Waals surface area contributed by atoms with Gasteiger partial charge in [-0.25, -0.2) is 4.39 Å². The highest BCUT2D eigenvalue weighted by molar-refractivity contribution is 7.85. The average molecular weight is 347 g/mol. The quantitative estimate of drug-likeness (QED) is 0.836. The van der Waals surface area contributed by atoms with Gasteiger partial charge < -0.3 is 5.32 Å². The fourth-order valence-corrected chi connectivity index (χ4v) is 3.42. The van der Waals surface area contributed by atoms with Gasteiger partial charge in [0.25, 0.3) is 0 Å². The first kappa shape index (κ1) is 18.3. The van der Waals surface area contributed by atoms with E-state index in [2.05, 4.69) is 5.32 Å². The normalized spacial score (nSPS) is 13.3. The minimum Gasteiger partial charge on any atom is -0.355 e. The van der Waals surface area contributed by atoms with Crippen LogP contribution in [0.15, 0.2) is 48.5 Å². The Balaban J connectivity index is 1.80. The van der Waals surface area contributed by atoms with Gasteiger partial charge in [-0.15, -0.1) is 0 Å². The molecule has 0 radical (unpaired) electrons. The van der Waals surface area contributed by atoms with Crippen molar-refractivity contribution in [3.05, 3.63) is 71.0 Å². The summed E-state index contributed by atoms with van der Waals surface area (Å²) in [6.45, 7) is 4.10. The van der Waals surface area contributed by atoms with Crippen LogP contribution < -0.4 is 5.32 Å². The van der Waals surface area contributed by atoms with Crippen LogP contribution in [-0.2, 0) is 27.8 Å². The van der Waals surface area contributed by atoms with Gasteiger partial charge in [0, 0.05) is 23.1 Å². The summed E-state index contributed by atoms with van der Waals surface area (Å²) in [7, 11) is -1.27. The molecule has 0 bridgehead atoms. The van der Waals surface area contributed by atoms with Crippen LogP contribution >= 0.6 is 0 Å². The highest BCUT2D eigenvalue weighted by Gasteiger charge is 2.19. The van der Waals surface area contributed by atoms with Crippen LogP contribution in [0, 0.1) is 12.7 Å². The smallest absolute Gasteiger partial charge is 0.235 e. The van der Waals surface area contributed by atoms with Crippen molar-refractivity contribution < 1.29 is 13.4 Å². The predicted octanol–water partition coefficient (Wildman–Crippen LogP) is 3.13. The first-order valence-corrected chi connectivity index (χ1v) is 9.29. The number of carbonyl (C=O) groups excluding carboxylic acids is 1. The Hall–Kier alpha value is -2.01. The zero-order chi connectivity index (χ0) is 17.5. The van der Waals surface area contributed by atoms with E-state index >= 15 is 0 Å². The summed E-state index contributed by atoms with van der Waals surface area (Å²) in [4.78, 5) is 12.1. The molecule has 0 aliphatic rings. The van der Waals surface area contributed by atoms with Crippen molar-refractivity contribution >= 4 is 16.7 Å².